The third kappa shape index (κ3) is 4.49. The van der Waals surface area contributed by atoms with Gasteiger partial charge in [-0.2, -0.15) is 9.97 Å². The first kappa shape index (κ1) is 21.1. The number of nitrogens with zero attached hydrogens (tertiary/aromatic N) is 5. The van der Waals surface area contributed by atoms with Crippen LogP contribution >= 0.6 is 0 Å². The monoisotopic (exact) mass is 421 g/mol. The lowest BCUT2D eigenvalue weighted by molar-refractivity contribution is 0.495. The molecule has 2 aromatic heterocycles. The molecule has 1 aliphatic rings. The summed E-state index contributed by atoms with van der Waals surface area (Å²) < 4.78 is 3.55. The van der Waals surface area contributed by atoms with Crippen molar-refractivity contribution in [2.45, 2.75) is 45.8 Å². The van der Waals surface area contributed by atoms with Crippen molar-refractivity contribution in [2.75, 3.05) is 23.3 Å². The average molecular weight is 422 g/mol. The van der Waals surface area contributed by atoms with Crippen molar-refractivity contribution in [3.05, 3.63) is 57.9 Å². The molecule has 164 valence electrons. The quantitative estimate of drug-likeness (QED) is 0.594. The fourth-order valence-electron chi connectivity index (χ4n) is 3.96. The van der Waals surface area contributed by atoms with Crippen LogP contribution in [0.2, 0.25) is 0 Å². The average Bonchev–Trinajstić information content (AvgIpc) is 3.13. The van der Waals surface area contributed by atoms with Gasteiger partial charge in [-0.1, -0.05) is 42.0 Å². The molecule has 1 aliphatic heterocycles. The number of anilines is 2. The number of piperidine rings is 1. The lowest BCUT2D eigenvalue weighted by Crippen LogP contribution is -2.44. The summed E-state index contributed by atoms with van der Waals surface area (Å²) in [7, 11) is 1.75. The van der Waals surface area contributed by atoms with Crippen LogP contribution in [0.15, 0.2) is 46.8 Å². The number of nitrogens with one attached hydrogen (secondary N) is 1. The Kier molecular flexibility index (Phi) is 6.08. The van der Waals surface area contributed by atoms with Gasteiger partial charge in [-0.05, 0) is 32.3 Å². The van der Waals surface area contributed by atoms with Crippen LogP contribution in [0.1, 0.15) is 32.3 Å². The lowest BCUT2D eigenvalue weighted by Gasteiger charge is -2.31. The molecule has 8 heteroatoms. The van der Waals surface area contributed by atoms with Gasteiger partial charge < -0.3 is 20.5 Å². The Hall–Kier alpha value is -3.13. The summed E-state index contributed by atoms with van der Waals surface area (Å²) in [6.45, 7) is 6.88. The lowest BCUT2D eigenvalue weighted by atomic mass is 10.1. The molecule has 0 saturated carbocycles. The Morgan fingerprint density at radius 1 is 1.26 bits per heavy atom. The second-order valence-electron chi connectivity index (χ2n) is 8.46. The first-order valence-electron chi connectivity index (χ1n) is 10.8. The van der Waals surface area contributed by atoms with Crippen LogP contribution < -0.4 is 21.5 Å². The zero-order valence-electron chi connectivity index (χ0n) is 18.5. The van der Waals surface area contributed by atoms with Crippen LogP contribution in [0.4, 0.5) is 11.9 Å². The maximum atomic E-state index is 13.3. The summed E-state index contributed by atoms with van der Waals surface area (Å²) >= 11 is 0. The van der Waals surface area contributed by atoms with Crippen molar-refractivity contribution in [3.63, 3.8) is 0 Å². The minimum Gasteiger partial charge on any atom is -0.351 e. The Bertz CT molecular complexity index is 1140. The highest BCUT2D eigenvalue weighted by molar-refractivity contribution is 5.75. The first-order chi connectivity index (χ1) is 14.9. The number of hydrogen-bond donors (Lipinski definition) is 2. The Morgan fingerprint density at radius 3 is 2.74 bits per heavy atom. The van der Waals surface area contributed by atoms with E-state index in [1.54, 1.807) is 11.6 Å². The van der Waals surface area contributed by atoms with Crippen molar-refractivity contribution < 1.29 is 0 Å². The molecule has 1 aromatic carbocycles. The van der Waals surface area contributed by atoms with E-state index in [4.69, 9.17) is 15.7 Å². The predicted octanol–water partition coefficient (Wildman–Crippen LogP) is 2.64. The molecule has 0 radical (unpaired) electrons. The molecule has 0 spiro atoms. The topological polar surface area (TPSA) is 94.0 Å². The molecule has 8 nitrogen and oxygen atoms in total. The Morgan fingerprint density at radius 2 is 2.03 bits per heavy atom. The minimum absolute atomic E-state index is 0.109. The predicted molar refractivity (Wildman–Crippen MR) is 125 cm³/mol. The maximum absolute atomic E-state index is 13.3. The van der Waals surface area contributed by atoms with Crippen molar-refractivity contribution >= 4 is 23.1 Å². The zero-order chi connectivity index (χ0) is 22.0. The van der Waals surface area contributed by atoms with Gasteiger partial charge in [-0.3, -0.25) is 9.36 Å². The second kappa shape index (κ2) is 8.93. The van der Waals surface area contributed by atoms with E-state index in [1.807, 2.05) is 34.9 Å². The van der Waals surface area contributed by atoms with E-state index in [0.29, 0.717) is 30.2 Å². The fourth-order valence-corrected chi connectivity index (χ4v) is 3.96. The van der Waals surface area contributed by atoms with Crippen LogP contribution in [-0.2, 0) is 20.1 Å². The van der Waals surface area contributed by atoms with E-state index < -0.39 is 0 Å². The van der Waals surface area contributed by atoms with Crippen molar-refractivity contribution in [1.82, 2.24) is 19.1 Å². The maximum Gasteiger partial charge on any atom is 0.281 e. The van der Waals surface area contributed by atoms with Crippen LogP contribution in [0, 0.1) is 0 Å². The van der Waals surface area contributed by atoms with Crippen molar-refractivity contribution in [3.8, 4) is 0 Å². The Labute approximate surface area is 182 Å². The van der Waals surface area contributed by atoms with Gasteiger partial charge in [0.05, 0.1) is 0 Å². The number of fused-ring (bicyclic) bond motifs is 1. The molecule has 0 amide bonds. The third-order valence-electron chi connectivity index (χ3n) is 5.68. The highest BCUT2D eigenvalue weighted by Gasteiger charge is 2.25. The molecular formula is C23H31N7O. The SMILES string of the molecule is CC(C)=CCn1c(N2CCCC(N)C2)nc2nc(NCc3ccccc3)n(C)c(=O)c21. The molecule has 3 aromatic rings. The summed E-state index contributed by atoms with van der Waals surface area (Å²) in [5, 5.41) is 3.28. The minimum atomic E-state index is -0.109. The number of aromatic nitrogens is 4. The van der Waals surface area contributed by atoms with E-state index in [9.17, 15) is 4.79 Å². The summed E-state index contributed by atoms with van der Waals surface area (Å²) in [4.78, 5) is 25.1. The van der Waals surface area contributed by atoms with Gasteiger partial charge in [0.25, 0.3) is 5.56 Å². The normalized spacial score (nSPS) is 16.5. The summed E-state index contributed by atoms with van der Waals surface area (Å²) in [5.74, 6) is 1.28. The van der Waals surface area contributed by atoms with Gasteiger partial charge in [0.15, 0.2) is 11.2 Å². The number of hydrogen-bond acceptors (Lipinski definition) is 6. The fraction of sp³-hybridized carbons (Fsp3) is 0.435. The summed E-state index contributed by atoms with van der Waals surface area (Å²) in [5.41, 5.74) is 9.41. The number of allylic oxidation sites excluding steroid dienone is 2. The molecule has 4 rings (SSSR count). The van der Waals surface area contributed by atoms with Gasteiger partial charge in [0.2, 0.25) is 11.9 Å². The van der Waals surface area contributed by atoms with E-state index in [-0.39, 0.29) is 11.6 Å². The van der Waals surface area contributed by atoms with Gasteiger partial charge in [0.1, 0.15) is 0 Å². The molecule has 3 heterocycles. The smallest absolute Gasteiger partial charge is 0.281 e. The molecule has 0 bridgehead atoms. The largest absolute Gasteiger partial charge is 0.351 e. The first-order valence-corrected chi connectivity index (χ1v) is 10.8. The van der Waals surface area contributed by atoms with Gasteiger partial charge in [0, 0.05) is 39.3 Å². The van der Waals surface area contributed by atoms with Crippen LogP contribution in [0.25, 0.3) is 11.2 Å². The van der Waals surface area contributed by atoms with Crippen molar-refractivity contribution in [1.29, 1.82) is 0 Å². The van der Waals surface area contributed by atoms with Gasteiger partial charge in [-0.25, -0.2) is 0 Å². The standard InChI is InChI=1S/C23H31N7O/c1-16(2)11-13-30-19-20(27-23(30)29-12-7-10-18(24)15-29)26-22(28(3)21(19)31)25-14-17-8-5-4-6-9-17/h4-6,8-9,11,18H,7,10,12-15,24H2,1-3H3,(H,25,26). The van der Waals surface area contributed by atoms with Gasteiger partial charge >= 0.3 is 0 Å². The molecule has 1 saturated heterocycles. The third-order valence-corrected chi connectivity index (χ3v) is 5.68. The summed E-state index contributed by atoms with van der Waals surface area (Å²) in [6.07, 6.45) is 4.14. The molecule has 3 N–H and O–H groups in total. The van der Waals surface area contributed by atoms with E-state index in [0.717, 1.165) is 37.4 Å². The number of benzene rings is 1. The van der Waals surface area contributed by atoms with Crippen LogP contribution in [0.3, 0.4) is 0 Å². The van der Waals surface area contributed by atoms with Crippen LogP contribution in [0.5, 0.6) is 0 Å². The second-order valence-corrected chi connectivity index (χ2v) is 8.46. The Balaban J connectivity index is 1.76. The molecule has 0 aliphatic carbocycles. The van der Waals surface area contributed by atoms with E-state index in [2.05, 4.69) is 30.1 Å². The van der Waals surface area contributed by atoms with E-state index >= 15 is 0 Å². The van der Waals surface area contributed by atoms with Crippen LogP contribution in [-0.4, -0.2) is 38.2 Å². The highest BCUT2D eigenvalue weighted by Crippen LogP contribution is 2.24. The molecule has 1 fully saturated rings. The van der Waals surface area contributed by atoms with E-state index in [1.165, 1.54) is 5.57 Å². The molecule has 1 atom stereocenters. The van der Waals surface area contributed by atoms with Gasteiger partial charge in [-0.15, -0.1) is 0 Å². The number of rotatable bonds is 6. The molecule has 31 heavy (non-hydrogen) atoms. The zero-order valence-corrected chi connectivity index (χ0v) is 18.5. The highest BCUT2D eigenvalue weighted by atomic mass is 16.1. The van der Waals surface area contributed by atoms with Crippen molar-refractivity contribution in [2.24, 2.45) is 12.8 Å². The number of imidazole rings is 1. The molecular weight excluding hydrogens is 390 g/mol. The summed E-state index contributed by atoms with van der Waals surface area (Å²) in [6, 6.07) is 10.2. The number of nitrogens with two attached hydrogens (primary N) is 1. The molecule has 1 unspecified atom stereocenters.